The highest BCUT2D eigenvalue weighted by Gasteiger charge is 2.17. The fraction of sp³-hybridized carbons (Fsp3) is 0.600. The molecule has 2 atom stereocenters. The summed E-state index contributed by atoms with van der Waals surface area (Å²) in [7, 11) is 3.77. The van der Waals surface area contributed by atoms with Crippen LogP contribution < -0.4 is 5.32 Å². The van der Waals surface area contributed by atoms with E-state index in [2.05, 4.69) is 24.4 Å². The molecule has 0 fully saturated rings. The molecule has 3 heteroatoms. The minimum absolute atomic E-state index is 0.614. The van der Waals surface area contributed by atoms with E-state index in [4.69, 9.17) is 16.3 Å². The first kappa shape index (κ1) is 15.5. The van der Waals surface area contributed by atoms with E-state index in [1.54, 1.807) is 7.11 Å². The second-order valence-electron chi connectivity index (χ2n) is 4.91. The molecule has 1 N–H and O–H groups in total. The SMILES string of the molecule is CNCC(Cc1cccc(Cl)c1)C(C)CCOC. The van der Waals surface area contributed by atoms with E-state index in [9.17, 15) is 0 Å². The number of ether oxygens (including phenoxy) is 1. The number of nitrogens with one attached hydrogen (secondary N) is 1. The standard InChI is InChI=1S/C15H24ClNO/c1-12(7-8-18-3)14(11-17-2)9-13-5-4-6-15(16)10-13/h4-6,10,12,14,17H,7-9,11H2,1-3H3. The highest BCUT2D eigenvalue weighted by molar-refractivity contribution is 6.30. The van der Waals surface area contributed by atoms with Gasteiger partial charge in [-0.05, 0) is 56.0 Å². The fourth-order valence-electron chi connectivity index (χ4n) is 2.24. The Kier molecular flexibility index (Phi) is 7.33. The summed E-state index contributed by atoms with van der Waals surface area (Å²) in [6.07, 6.45) is 2.16. The largest absolute Gasteiger partial charge is 0.385 e. The zero-order valence-corrected chi connectivity index (χ0v) is 12.3. The second-order valence-corrected chi connectivity index (χ2v) is 5.35. The Bertz CT molecular complexity index is 343. The minimum atomic E-state index is 0.614. The fourth-order valence-corrected chi connectivity index (χ4v) is 2.46. The number of rotatable bonds is 8. The maximum Gasteiger partial charge on any atom is 0.0464 e. The van der Waals surface area contributed by atoms with Crippen LogP contribution in [0.5, 0.6) is 0 Å². The van der Waals surface area contributed by atoms with E-state index >= 15 is 0 Å². The molecule has 102 valence electrons. The molecule has 2 unspecified atom stereocenters. The summed E-state index contributed by atoms with van der Waals surface area (Å²) in [6, 6.07) is 8.16. The molecule has 0 aliphatic heterocycles. The molecule has 0 spiro atoms. The van der Waals surface area contributed by atoms with Crippen LogP contribution in [0.4, 0.5) is 0 Å². The average molecular weight is 270 g/mol. The zero-order valence-electron chi connectivity index (χ0n) is 11.6. The van der Waals surface area contributed by atoms with Crippen molar-refractivity contribution in [1.82, 2.24) is 5.32 Å². The van der Waals surface area contributed by atoms with E-state index < -0.39 is 0 Å². The Balaban J connectivity index is 2.61. The van der Waals surface area contributed by atoms with Crippen molar-refractivity contribution in [2.45, 2.75) is 19.8 Å². The first-order chi connectivity index (χ1) is 8.67. The van der Waals surface area contributed by atoms with Gasteiger partial charge in [0.2, 0.25) is 0 Å². The van der Waals surface area contributed by atoms with Gasteiger partial charge in [0.1, 0.15) is 0 Å². The number of halogens is 1. The molecule has 0 amide bonds. The molecule has 0 saturated heterocycles. The molecule has 0 saturated carbocycles. The third-order valence-corrected chi connectivity index (χ3v) is 3.67. The molecular formula is C15H24ClNO. The molecule has 0 aliphatic rings. The lowest BCUT2D eigenvalue weighted by Crippen LogP contribution is -2.27. The van der Waals surface area contributed by atoms with Crippen molar-refractivity contribution >= 4 is 11.6 Å². The zero-order chi connectivity index (χ0) is 13.4. The van der Waals surface area contributed by atoms with Gasteiger partial charge in [0, 0.05) is 18.7 Å². The van der Waals surface area contributed by atoms with Gasteiger partial charge in [-0.15, -0.1) is 0 Å². The lowest BCUT2D eigenvalue weighted by atomic mass is 9.86. The van der Waals surface area contributed by atoms with Crippen LogP contribution in [0.15, 0.2) is 24.3 Å². The van der Waals surface area contributed by atoms with Gasteiger partial charge >= 0.3 is 0 Å². The quantitative estimate of drug-likeness (QED) is 0.781. The monoisotopic (exact) mass is 269 g/mol. The number of benzene rings is 1. The highest BCUT2D eigenvalue weighted by Crippen LogP contribution is 2.21. The van der Waals surface area contributed by atoms with Gasteiger partial charge in [-0.3, -0.25) is 0 Å². The molecule has 0 heterocycles. The average Bonchev–Trinajstić information content (AvgIpc) is 2.35. The Labute approximate surface area is 116 Å². The molecule has 0 aliphatic carbocycles. The molecular weight excluding hydrogens is 246 g/mol. The molecule has 1 rings (SSSR count). The third-order valence-electron chi connectivity index (χ3n) is 3.44. The van der Waals surface area contributed by atoms with Gasteiger partial charge in [-0.2, -0.15) is 0 Å². The van der Waals surface area contributed by atoms with Crippen LogP contribution in [0.1, 0.15) is 18.9 Å². The molecule has 0 bridgehead atoms. The second kappa shape index (κ2) is 8.52. The van der Waals surface area contributed by atoms with Crippen LogP contribution in [0, 0.1) is 11.8 Å². The smallest absolute Gasteiger partial charge is 0.0464 e. The van der Waals surface area contributed by atoms with Gasteiger partial charge in [-0.25, -0.2) is 0 Å². The number of hydrogen-bond donors (Lipinski definition) is 1. The van der Waals surface area contributed by atoms with E-state index in [1.807, 2.05) is 19.2 Å². The van der Waals surface area contributed by atoms with Gasteiger partial charge in [0.25, 0.3) is 0 Å². The van der Waals surface area contributed by atoms with E-state index in [-0.39, 0.29) is 0 Å². The van der Waals surface area contributed by atoms with Crippen molar-refractivity contribution in [3.8, 4) is 0 Å². The number of methoxy groups -OCH3 is 1. The Morgan fingerprint density at radius 3 is 2.78 bits per heavy atom. The predicted molar refractivity (Wildman–Crippen MR) is 78.2 cm³/mol. The van der Waals surface area contributed by atoms with Crippen LogP contribution in [0.2, 0.25) is 5.02 Å². The Morgan fingerprint density at radius 2 is 2.17 bits per heavy atom. The molecule has 1 aromatic rings. The lowest BCUT2D eigenvalue weighted by molar-refractivity contribution is 0.164. The normalized spacial score (nSPS) is 14.4. The molecule has 0 aromatic heterocycles. The van der Waals surface area contributed by atoms with Crippen molar-refractivity contribution in [2.24, 2.45) is 11.8 Å². The predicted octanol–water partition coefficient (Wildman–Crippen LogP) is 3.39. The lowest BCUT2D eigenvalue weighted by Gasteiger charge is -2.24. The van der Waals surface area contributed by atoms with Crippen LogP contribution in [0.25, 0.3) is 0 Å². The summed E-state index contributed by atoms with van der Waals surface area (Å²) in [5.74, 6) is 1.25. The van der Waals surface area contributed by atoms with Crippen LogP contribution >= 0.6 is 11.6 Å². The first-order valence-electron chi connectivity index (χ1n) is 6.55. The van der Waals surface area contributed by atoms with Crippen LogP contribution in [0.3, 0.4) is 0 Å². The van der Waals surface area contributed by atoms with Crippen molar-refractivity contribution in [2.75, 3.05) is 27.3 Å². The van der Waals surface area contributed by atoms with Crippen LogP contribution in [-0.2, 0) is 11.2 Å². The maximum atomic E-state index is 6.03. The Morgan fingerprint density at radius 1 is 1.39 bits per heavy atom. The first-order valence-corrected chi connectivity index (χ1v) is 6.93. The van der Waals surface area contributed by atoms with Crippen molar-refractivity contribution in [3.05, 3.63) is 34.9 Å². The molecule has 0 radical (unpaired) electrons. The summed E-state index contributed by atoms with van der Waals surface area (Å²) >= 11 is 6.03. The van der Waals surface area contributed by atoms with Crippen LogP contribution in [-0.4, -0.2) is 27.3 Å². The summed E-state index contributed by atoms with van der Waals surface area (Å²) in [5, 5.41) is 4.11. The van der Waals surface area contributed by atoms with Crippen molar-refractivity contribution < 1.29 is 4.74 Å². The highest BCUT2D eigenvalue weighted by atomic mass is 35.5. The summed E-state index contributed by atoms with van der Waals surface area (Å²) in [4.78, 5) is 0. The van der Waals surface area contributed by atoms with Gasteiger partial charge in [0.15, 0.2) is 0 Å². The molecule has 18 heavy (non-hydrogen) atoms. The van der Waals surface area contributed by atoms with E-state index in [0.717, 1.165) is 31.0 Å². The number of hydrogen-bond acceptors (Lipinski definition) is 2. The topological polar surface area (TPSA) is 21.3 Å². The third kappa shape index (κ3) is 5.38. The minimum Gasteiger partial charge on any atom is -0.385 e. The van der Waals surface area contributed by atoms with Crippen molar-refractivity contribution in [1.29, 1.82) is 0 Å². The summed E-state index contributed by atoms with van der Waals surface area (Å²) < 4.78 is 5.17. The Hall–Kier alpha value is -0.570. The van der Waals surface area contributed by atoms with E-state index in [0.29, 0.717) is 11.8 Å². The van der Waals surface area contributed by atoms with Gasteiger partial charge < -0.3 is 10.1 Å². The summed E-state index contributed by atoms with van der Waals surface area (Å²) in [5.41, 5.74) is 1.31. The molecule has 2 nitrogen and oxygen atoms in total. The van der Waals surface area contributed by atoms with Gasteiger partial charge in [0.05, 0.1) is 0 Å². The van der Waals surface area contributed by atoms with Gasteiger partial charge in [-0.1, -0.05) is 30.7 Å². The molecule has 1 aromatic carbocycles. The summed E-state index contributed by atoms with van der Waals surface area (Å²) in [6.45, 7) is 4.15. The van der Waals surface area contributed by atoms with E-state index in [1.165, 1.54) is 5.56 Å². The van der Waals surface area contributed by atoms with Crippen molar-refractivity contribution in [3.63, 3.8) is 0 Å². The maximum absolute atomic E-state index is 6.03.